The molecule has 1 amide bonds. The van der Waals surface area contributed by atoms with Gasteiger partial charge in [0.15, 0.2) is 0 Å². The van der Waals surface area contributed by atoms with Crippen LogP contribution in [0.3, 0.4) is 0 Å². The molecular formula is C12H15FN2O3S. The van der Waals surface area contributed by atoms with Crippen molar-refractivity contribution in [2.24, 2.45) is 5.14 Å². The van der Waals surface area contributed by atoms with Gasteiger partial charge >= 0.3 is 0 Å². The number of primary sulfonamides is 1. The summed E-state index contributed by atoms with van der Waals surface area (Å²) in [5.74, 6) is -1.34. The van der Waals surface area contributed by atoms with E-state index in [-0.39, 0.29) is 16.7 Å². The number of hydrogen-bond donors (Lipinski definition) is 2. The number of benzene rings is 1. The van der Waals surface area contributed by atoms with E-state index < -0.39 is 26.6 Å². The quantitative estimate of drug-likeness (QED) is 0.870. The molecule has 0 spiro atoms. The molecule has 0 aliphatic heterocycles. The summed E-state index contributed by atoms with van der Waals surface area (Å²) in [5, 5.41) is 7.71. The number of rotatable bonds is 3. The van der Waals surface area contributed by atoms with Crippen molar-refractivity contribution in [1.82, 2.24) is 5.32 Å². The van der Waals surface area contributed by atoms with E-state index in [4.69, 9.17) is 5.14 Å². The minimum Gasteiger partial charge on any atom is -0.347 e. The van der Waals surface area contributed by atoms with Crippen molar-refractivity contribution in [2.75, 3.05) is 0 Å². The molecule has 1 aromatic rings. The standard InChI is InChI=1S/C12H15FN2O3S/c1-7-5-8(11(16)15-12(2)3-4-12)6-9(10(7)13)19(14,17)18/h5-6H,3-4H2,1-2H3,(H,15,16)(H2,14,17,18). The lowest BCUT2D eigenvalue weighted by Crippen LogP contribution is -2.34. The van der Waals surface area contributed by atoms with Gasteiger partial charge in [0.2, 0.25) is 10.0 Å². The van der Waals surface area contributed by atoms with Crippen LogP contribution in [0.25, 0.3) is 0 Å². The SMILES string of the molecule is Cc1cc(C(=O)NC2(C)CC2)cc(S(N)(=O)=O)c1F. The highest BCUT2D eigenvalue weighted by atomic mass is 32.2. The molecule has 1 saturated carbocycles. The van der Waals surface area contributed by atoms with E-state index in [9.17, 15) is 17.6 Å². The Kier molecular flexibility index (Phi) is 3.14. The molecule has 1 aliphatic rings. The zero-order valence-corrected chi connectivity index (χ0v) is 11.5. The van der Waals surface area contributed by atoms with Gasteiger partial charge in [0, 0.05) is 11.1 Å². The Labute approximate surface area is 111 Å². The van der Waals surface area contributed by atoms with E-state index in [0.29, 0.717) is 0 Å². The zero-order chi connectivity index (χ0) is 14.4. The predicted molar refractivity (Wildman–Crippen MR) is 67.6 cm³/mol. The third-order valence-electron chi connectivity index (χ3n) is 3.21. The minimum atomic E-state index is -4.20. The highest BCUT2D eigenvalue weighted by Gasteiger charge is 2.39. The van der Waals surface area contributed by atoms with Gasteiger partial charge in [0.1, 0.15) is 10.7 Å². The second kappa shape index (κ2) is 4.28. The number of carbonyl (C=O) groups is 1. The predicted octanol–water partition coefficient (Wildman–Crippen LogP) is 1.06. The number of hydrogen-bond acceptors (Lipinski definition) is 3. The lowest BCUT2D eigenvalue weighted by atomic mass is 10.1. The van der Waals surface area contributed by atoms with Gasteiger partial charge in [-0.2, -0.15) is 0 Å². The van der Waals surface area contributed by atoms with Crippen molar-refractivity contribution in [1.29, 1.82) is 0 Å². The van der Waals surface area contributed by atoms with Crippen LogP contribution in [0.4, 0.5) is 4.39 Å². The highest BCUT2D eigenvalue weighted by molar-refractivity contribution is 7.89. The fourth-order valence-corrected chi connectivity index (χ4v) is 2.44. The Morgan fingerprint density at radius 1 is 1.42 bits per heavy atom. The van der Waals surface area contributed by atoms with Crippen LogP contribution in [0.2, 0.25) is 0 Å². The van der Waals surface area contributed by atoms with Gasteiger partial charge in [0.25, 0.3) is 5.91 Å². The summed E-state index contributed by atoms with van der Waals surface area (Å²) in [6.07, 6.45) is 1.75. The topological polar surface area (TPSA) is 89.3 Å². The third kappa shape index (κ3) is 2.93. The van der Waals surface area contributed by atoms with Crippen molar-refractivity contribution < 1.29 is 17.6 Å². The summed E-state index contributed by atoms with van der Waals surface area (Å²) >= 11 is 0. The van der Waals surface area contributed by atoms with Crippen molar-refractivity contribution in [3.05, 3.63) is 29.1 Å². The van der Waals surface area contributed by atoms with Gasteiger partial charge in [-0.3, -0.25) is 4.79 Å². The van der Waals surface area contributed by atoms with Crippen LogP contribution in [-0.2, 0) is 10.0 Å². The van der Waals surface area contributed by atoms with Gasteiger partial charge in [-0.25, -0.2) is 17.9 Å². The van der Waals surface area contributed by atoms with E-state index in [2.05, 4.69) is 5.32 Å². The maximum absolute atomic E-state index is 13.7. The molecule has 0 bridgehead atoms. The van der Waals surface area contributed by atoms with E-state index >= 15 is 0 Å². The Morgan fingerprint density at radius 2 is 2.00 bits per heavy atom. The zero-order valence-electron chi connectivity index (χ0n) is 10.7. The van der Waals surface area contributed by atoms with Gasteiger partial charge in [-0.05, 0) is 44.4 Å². The third-order valence-corrected chi connectivity index (χ3v) is 4.12. The van der Waals surface area contributed by atoms with E-state index in [1.807, 2.05) is 6.92 Å². The van der Waals surface area contributed by atoms with Crippen LogP contribution in [0, 0.1) is 12.7 Å². The van der Waals surface area contributed by atoms with Crippen LogP contribution in [0.15, 0.2) is 17.0 Å². The minimum absolute atomic E-state index is 0.0672. The molecule has 1 aromatic carbocycles. The van der Waals surface area contributed by atoms with Crippen molar-refractivity contribution in [3.8, 4) is 0 Å². The first-order valence-corrected chi connectivity index (χ1v) is 7.32. The molecule has 104 valence electrons. The lowest BCUT2D eigenvalue weighted by molar-refractivity contribution is 0.0935. The first kappa shape index (κ1) is 14.0. The summed E-state index contributed by atoms with van der Waals surface area (Å²) in [6.45, 7) is 3.28. The molecular weight excluding hydrogens is 271 g/mol. The maximum Gasteiger partial charge on any atom is 0.251 e. The maximum atomic E-state index is 13.7. The summed E-state index contributed by atoms with van der Waals surface area (Å²) in [5.41, 5.74) is -0.0742. The molecule has 0 heterocycles. The van der Waals surface area contributed by atoms with Crippen LogP contribution in [0.1, 0.15) is 35.7 Å². The van der Waals surface area contributed by atoms with Crippen LogP contribution in [0.5, 0.6) is 0 Å². The molecule has 2 rings (SSSR count). The van der Waals surface area contributed by atoms with Gasteiger partial charge in [0.05, 0.1) is 0 Å². The molecule has 0 atom stereocenters. The molecule has 3 N–H and O–H groups in total. The number of sulfonamides is 1. The number of nitrogens with one attached hydrogen (secondary N) is 1. The molecule has 0 saturated heterocycles. The average Bonchev–Trinajstić information content (AvgIpc) is 2.98. The van der Waals surface area contributed by atoms with Crippen molar-refractivity contribution >= 4 is 15.9 Å². The fraction of sp³-hybridized carbons (Fsp3) is 0.417. The van der Waals surface area contributed by atoms with Crippen LogP contribution in [-0.4, -0.2) is 19.9 Å². The van der Waals surface area contributed by atoms with Gasteiger partial charge in [-0.1, -0.05) is 0 Å². The summed E-state index contributed by atoms with van der Waals surface area (Å²) in [7, 11) is -4.20. The number of amides is 1. The van der Waals surface area contributed by atoms with E-state index in [0.717, 1.165) is 18.9 Å². The van der Waals surface area contributed by atoms with Crippen LogP contribution < -0.4 is 10.5 Å². The number of aryl methyl sites for hydroxylation is 1. The molecule has 5 nitrogen and oxygen atoms in total. The average molecular weight is 286 g/mol. The second-order valence-corrected chi connectivity index (χ2v) is 6.69. The molecule has 1 aliphatic carbocycles. The Bertz CT molecular complexity index is 651. The highest BCUT2D eigenvalue weighted by Crippen LogP contribution is 2.34. The second-order valence-electron chi connectivity index (χ2n) is 5.17. The first-order valence-electron chi connectivity index (χ1n) is 5.78. The smallest absolute Gasteiger partial charge is 0.251 e. The summed E-state index contributed by atoms with van der Waals surface area (Å²) in [4.78, 5) is 11.3. The lowest BCUT2D eigenvalue weighted by Gasteiger charge is -2.13. The normalized spacial score (nSPS) is 17.1. The summed E-state index contributed by atoms with van der Waals surface area (Å²) in [6, 6.07) is 2.28. The molecule has 0 radical (unpaired) electrons. The molecule has 7 heteroatoms. The van der Waals surface area contributed by atoms with E-state index in [1.54, 1.807) is 0 Å². The monoisotopic (exact) mass is 286 g/mol. The largest absolute Gasteiger partial charge is 0.347 e. The molecule has 0 unspecified atom stereocenters. The molecule has 19 heavy (non-hydrogen) atoms. The summed E-state index contributed by atoms with van der Waals surface area (Å²) < 4.78 is 36.3. The van der Waals surface area contributed by atoms with Crippen molar-refractivity contribution in [3.63, 3.8) is 0 Å². The fourth-order valence-electron chi connectivity index (χ4n) is 1.73. The molecule has 1 fully saturated rings. The van der Waals surface area contributed by atoms with Crippen LogP contribution >= 0.6 is 0 Å². The first-order chi connectivity index (χ1) is 8.62. The number of halogens is 1. The van der Waals surface area contributed by atoms with Gasteiger partial charge in [-0.15, -0.1) is 0 Å². The van der Waals surface area contributed by atoms with E-state index in [1.165, 1.54) is 13.0 Å². The Hall–Kier alpha value is -1.47. The Balaban J connectivity index is 2.42. The molecule has 0 aromatic heterocycles. The Morgan fingerprint density at radius 3 is 2.47 bits per heavy atom. The van der Waals surface area contributed by atoms with Gasteiger partial charge < -0.3 is 5.32 Å². The van der Waals surface area contributed by atoms with Crippen molar-refractivity contribution in [2.45, 2.75) is 37.1 Å². The number of nitrogens with two attached hydrogens (primary N) is 1. The number of carbonyl (C=O) groups excluding carboxylic acids is 1.